The van der Waals surface area contributed by atoms with Crippen LogP contribution in [0.1, 0.15) is 22.8 Å². The number of carbonyl (C=O) groups is 3. The molecule has 9 nitrogen and oxygen atoms in total. The van der Waals surface area contributed by atoms with Crippen LogP contribution in [-0.2, 0) is 16.0 Å². The zero-order valence-electron chi connectivity index (χ0n) is 14.2. The molecule has 1 atom stereocenters. The second-order valence-corrected chi connectivity index (χ2v) is 5.69. The first-order chi connectivity index (χ1) is 12.7. The van der Waals surface area contributed by atoms with E-state index in [0.717, 1.165) is 12.1 Å². The van der Waals surface area contributed by atoms with Crippen LogP contribution in [0.3, 0.4) is 0 Å². The number of rotatable bonds is 6. The van der Waals surface area contributed by atoms with Crippen molar-refractivity contribution in [2.45, 2.75) is 19.4 Å². The molecule has 0 saturated heterocycles. The third-order valence-corrected chi connectivity index (χ3v) is 3.55. The van der Waals surface area contributed by atoms with Crippen molar-refractivity contribution in [2.75, 3.05) is 0 Å². The van der Waals surface area contributed by atoms with Crippen molar-refractivity contribution in [1.82, 2.24) is 5.32 Å². The minimum absolute atomic E-state index is 0.0445. The minimum Gasteiger partial charge on any atom is -0.504 e. The maximum Gasteiger partial charge on any atom is 0.343 e. The van der Waals surface area contributed by atoms with Gasteiger partial charge in [0.15, 0.2) is 17.2 Å². The van der Waals surface area contributed by atoms with Crippen molar-refractivity contribution in [2.24, 2.45) is 0 Å². The van der Waals surface area contributed by atoms with Crippen LogP contribution in [0.4, 0.5) is 0 Å². The molecule has 2 rings (SSSR count). The summed E-state index contributed by atoms with van der Waals surface area (Å²) >= 11 is 0. The number of carbonyl (C=O) groups excluding carboxylic acids is 2. The van der Waals surface area contributed by atoms with Gasteiger partial charge in [0.2, 0.25) is 5.91 Å². The van der Waals surface area contributed by atoms with Gasteiger partial charge in [0.25, 0.3) is 0 Å². The van der Waals surface area contributed by atoms with Gasteiger partial charge in [0.1, 0.15) is 11.8 Å². The van der Waals surface area contributed by atoms with Crippen LogP contribution in [0.5, 0.6) is 23.0 Å². The summed E-state index contributed by atoms with van der Waals surface area (Å²) in [5.74, 6) is -4.47. The van der Waals surface area contributed by atoms with Crippen LogP contribution in [0.2, 0.25) is 0 Å². The second-order valence-electron chi connectivity index (χ2n) is 5.69. The molecule has 0 fully saturated rings. The van der Waals surface area contributed by atoms with Gasteiger partial charge in [-0.2, -0.15) is 0 Å². The number of phenols is 3. The van der Waals surface area contributed by atoms with Gasteiger partial charge in [-0.25, -0.2) is 9.59 Å². The van der Waals surface area contributed by atoms with Crippen LogP contribution in [-0.4, -0.2) is 44.3 Å². The van der Waals surface area contributed by atoms with Crippen molar-refractivity contribution in [3.8, 4) is 23.0 Å². The van der Waals surface area contributed by atoms with Gasteiger partial charge in [-0.05, 0) is 29.8 Å². The highest BCUT2D eigenvalue weighted by Gasteiger charge is 2.19. The molecule has 0 spiro atoms. The SMILES string of the molecule is CC(=O)N[C@@H](Cc1ccc(OC(=O)c2cc(O)c(O)c(O)c2)cc1)C(=O)O. The van der Waals surface area contributed by atoms with Crippen LogP contribution < -0.4 is 10.1 Å². The molecule has 0 bridgehead atoms. The maximum atomic E-state index is 12.1. The third kappa shape index (κ3) is 5.11. The molecule has 9 heteroatoms. The zero-order chi connectivity index (χ0) is 20.1. The molecule has 0 aromatic heterocycles. The van der Waals surface area contributed by atoms with Crippen molar-refractivity contribution in [3.05, 3.63) is 47.5 Å². The van der Waals surface area contributed by atoms with E-state index in [1.54, 1.807) is 0 Å². The highest BCUT2D eigenvalue weighted by Crippen LogP contribution is 2.35. The maximum absolute atomic E-state index is 12.1. The first-order valence-electron chi connectivity index (χ1n) is 7.73. The van der Waals surface area contributed by atoms with Gasteiger partial charge in [-0.3, -0.25) is 4.79 Å². The predicted octanol–water partition coefficient (Wildman–Crippen LogP) is 1.15. The smallest absolute Gasteiger partial charge is 0.343 e. The number of esters is 1. The van der Waals surface area contributed by atoms with Crippen LogP contribution in [0.25, 0.3) is 0 Å². The number of ether oxygens (including phenoxy) is 1. The lowest BCUT2D eigenvalue weighted by Crippen LogP contribution is -2.41. The molecule has 0 aliphatic rings. The summed E-state index contributed by atoms with van der Waals surface area (Å²) in [5, 5.41) is 39.6. The summed E-state index contributed by atoms with van der Waals surface area (Å²) in [6, 6.07) is 6.73. The van der Waals surface area contributed by atoms with E-state index in [9.17, 15) is 29.7 Å². The molecule has 0 aliphatic heterocycles. The number of benzene rings is 2. The lowest BCUT2D eigenvalue weighted by Gasteiger charge is -2.13. The number of aliphatic carboxylic acids is 1. The average Bonchev–Trinajstić information content (AvgIpc) is 2.59. The van der Waals surface area contributed by atoms with Gasteiger partial charge >= 0.3 is 11.9 Å². The van der Waals surface area contributed by atoms with Gasteiger partial charge in [0, 0.05) is 13.3 Å². The Kier molecular flexibility index (Phi) is 5.86. The Hall–Kier alpha value is -3.75. The summed E-state index contributed by atoms with van der Waals surface area (Å²) in [7, 11) is 0. The molecule has 1 amide bonds. The molecule has 0 saturated carbocycles. The third-order valence-electron chi connectivity index (χ3n) is 3.55. The predicted molar refractivity (Wildman–Crippen MR) is 91.8 cm³/mol. The normalized spacial score (nSPS) is 11.4. The van der Waals surface area contributed by atoms with Crippen molar-refractivity contribution in [1.29, 1.82) is 0 Å². The summed E-state index contributed by atoms with van der Waals surface area (Å²) < 4.78 is 5.09. The summed E-state index contributed by atoms with van der Waals surface area (Å²) in [5.41, 5.74) is 0.416. The molecule has 142 valence electrons. The largest absolute Gasteiger partial charge is 0.504 e. The molecule has 5 N–H and O–H groups in total. The van der Waals surface area contributed by atoms with E-state index in [2.05, 4.69) is 5.32 Å². The first kappa shape index (κ1) is 19.6. The van der Waals surface area contributed by atoms with E-state index in [1.165, 1.54) is 31.2 Å². The van der Waals surface area contributed by atoms with E-state index in [-0.39, 0.29) is 17.7 Å². The molecule has 2 aromatic rings. The van der Waals surface area contributed by atoms with Crippen LogP contribution in [0, 0.1) is 0 Å². The molecule has 2 aromatic carbocycles. The van der Waals surface area contributed by atoms with Gasteiger partial charge < -0.3 is 30.5 Å². The standard InChI is InChI=1S/C18H17NO8/c1-9(20)19-13(17(24)25)6-10-2-4-12(5-3-10)27-18(26)11-7-14(21)16(23)15(22)8-11/h2-5,7-8,13,21-23H,6H2,1H3,(H,19,20)(H,24,25)/t13-/m0/s1. The number of nitrogens with one attached hydrogen (secondary N) is 1. The minimum atomic E-state index is -1.17. The molecule has 0 aliphatic carbocycles. The van der Waals surface area contributed by atoms with Crippen molar-refractivity contribution < 1.29 is 39.5 Å². The molecular formula is C18H17NO8. The number of hydrogen-bond donors (Lipinski definition) is 5. The fourth-order valence-electron chi connectivity index (χ4n) is 2.26. The Balaban J connectivity index is 2.08. The number of phenolic OH excluding ortho intramolecular Hbond substituents is 3. The summed E-state index contributed by atoms with van der Waals surface area (Å²) in [6.07, 6.45) is 0.0445. The first-order valence-corrected chi connectivity index (χ1v) is 7.73. The monoisotopic (exact) mass is 375 g/mol. The number of hydrogen-bond acceptors (Lipinski definition) is 7. The lowest BCUT2D eigenvalue weighted by atomic mass is 10.1. The van der Waals surface area contributed by atoms with Gasteiger partial charge in [0.05, 0.1) is 5.56 Å². The van der Waals surface area contributed by atoms with E-state index in [4.69, 9.17) is 9.84 Å². The Labute approximate surface area is 153 Å². The van der Waals surface area contributed by atoms with Crippen LogP contribution >= 0.6 is 0 Å². The zero-order valence-corrected chi connectivity index (χ0v) is 14.2. The molecule has 27 heavy (non-hydrogen) atoms. The summed E-state index contributed by atoms with van der Waals surface area (Å²) in [6.45, 7) is 1.22. The van der Waals surface area contributed by atoms with E-state index in [0.29, 0.717) is 5.56 Å². The van der Waals surface area contributed by atoms with E-state index < -0.39 is 41.1 Å². The fraction of sp³-hybridized carbons (Fsp3) is 0.167. The number of carboxylic acid groups (broad SMARTS) is 1. The highest BCUT2D eigenvalue weighted by atomic mass is 16.5. The van der Waals surface area contributed by atoms with Crippen LogP contribution in [0.15, 0.2) is 36.4 Å². The highest BCUT2D eigenvalue weighted by molar-refractivity contribution is 5.92. The number of amides is 1. The number of carboxylic acids is 1. The average molecular weight is 375 g/mol. The van der Waals surface area contributed by atoms with E-state index in [1.807, 2.05) is 0 Å². The van der Waals surface area contributed by atoms with Crippen molar-refractivity contribution >= 4 is 17.8 Å². The van der Waals surface area contributed by atoms with E-state index >= 15 is 0 Å². The lowest BCUT2D eigenvalue weighted by molar-refractivity contribution is -0.141. The fourth-order valence-corrected chi connectivity index (χ4v) is 2.26. The molecular weight excluding hydrogens is 358 g/mol. The quantitative estimate of drug-likeness (QED) is 0.286. The molecule has 0 radical (unpaired) electrons. The Morgan fingerprint density at radius 3 is 2.07 bits per heavy atom. The Morgan fingerprint density at radius 1 is 1.04 bits per heavy atom. The van der Waals surface area contributed by atoms with Gasteiger partial charge in [-0.1, -0.05) is 12.1 Å². The topological polar surface area (TPSA) is 153 Å². The van der Waals surface area contributed by atoms with Crippen molar-refractivity contribution in [3.63, 3.8) is 0 Å². The number of aromatic hydroxyl groups is 3. The second kappa shape index (κ2) is 8.09. The molecule has 0 unspecified atom stereocenters. The van der Waals surface area contributed by atoms with Gasteiger partial charge in [-0.15, -0.1) is 0 Å². The Bertz CT molecular complexity index is 852. The summed E-state index contributed by atoms with van der Waals surface area (Å²) in [4.78, 5) is 34.2. The Morgan fingerprint density at radius 2 is 1.59 bits per heavy atom. The molecule has 0 heterocycles.